The zero-order chi connectivity index (χ0) is 28.4. The Kier molecular flexibility index (Phi) is 7.21. The number of aliphatic hydroxyl groups excluding tert-OH is 1. The Balaban J connectivity index is 1.47. The summed E-state index contributed by atoms with van der Waals surface area (Å²) in [5.41, 5.74) is 9.31. The minimum Gasteiger partial charge on any atom is -0.494 e. The van der Waals surface area contributed by atoms with Crippen molar-refractivity contribution in [1.82, 2.24) is 29.8 Å². The summed E-state index contributed by atoms with van der Waals surface area (Å²) >= 11 is 0. The molecule has 1 aliphatic heterocycles. The lowest BCUT2D eigenvalue weighted by molar-refractivity contribution is -0.127. The van der Waals surface area contributed by atoms with Gasteiger partial charge in [-0.3, -0.25) is 14.6 Å². The Hall–Kier alpha value is -5.17. The first-order chi connectivity index (χ1) is 19.3. The number of aromatic amines is 1. The van der Waals surface area contributed by atoms with Gasteiger partial charge in [-0.2, -0.15) is 5.10 Å². The number of ketones is 1. The van der Waals surface area contributed by atoms with Crippen molar-refractivity contribution in [2.45, 2.75) is 26.0 Å². The number of methoxy groups -OCH3 is 1. The van der Waals surface area contributed by atoms with E-state index in [4.69, 9.17) is 10.5 Å². The van der Waals surface area contributed by atoms with E-state index in [-0.39, 0.29) is 29.5 Å². The first-order valence-corrected chi connectivity index (χ1v) is 12.4. The summed E-state index contributed by atoms with van der Waals surface area (Å²) in [4.78, 5) is 49.0. The molecule has 1 aliphatic rings. The number of fused-ring (bicyclic) bond motifs is 2. The van der Waals surface area contributed by atoms with E-state index in [2.05, 4.69) is 36.6 Å². The highest BCUT2D eigenvalue weighted by molar-refractivity contribution is 6.45. The molecule has 0 spiro atoms. The van der Waals surface area contributed by atoms with Gasteiger partial charge in [-0.15, -0.1) is 0 Å². The molecule has 1 amide bonds. The van der Waals surface area contributed by atoms with Crippen molar-refractivity contribution >= 4 is 34.2 Å². The zero-order valence-corrected chi connectivity index (χ0v) is 21.9. The molecule has 204 valence electrons. The van der Waals surface area contributed by atoms with E-state index in [1.165, 1.54) is 48.9 Å². The van der Waals surface area contributed by atoms with Crippen LogP contribution in [0.4, 0.5) is 5.82 Å². The molecule has 13 nitrogen and oxygen atoms in total. The van der Waals surface area contributed by atoms with Crippen LogP contribution in [0.1, 0.15) is 28.5 Å². The maximum Gasteiger partial charge on any atom is 0.295 e. The number of nitrogens with one attached hydrogen (secondary N) is 1. The quantitative estimate of drug-likeness (QED) is 0.0980. The number of hydrogen-bond acceptors (Lipinski definition) is 10. The van der Waals surface area contributed by atoms with Gasteiger partial charge in [0, 0.05) is 30.7 Å². The number of hydrogen-bond donors (Lipinski definition) is 3. The number of aromatic nitrogens is 5. The van der Waals surface area contributed by atoms with Crippen LogP contribution < -0.4 is 15.5 Å². The number of carbonyl (C=O) groups excluding carboxylic acids is 2. The highest BCUT2D eigenvalue weighted by Crippen LogP contribution is 2.35. The second-order valence-corrected chi connectivity index (χ2v) is 9.00. The van der Waals surface area contributed by atoms with Gasteiger partial charge in [-0.25, -0.2) is 20.0 Å². The SMILES string of the molecule is C=CN(/N=C(\N)C(C)O)c1ncc(OC)c2c(C(=O)C(=O)N3CCc4c(ncnc4-c4ccccn4)C3)c[nH]c12. The van der Waals surface area contributed by atoms with Crippen LogP contribution in [0, 0.1) is 0 Å². The lowest BCUT2D eigenvalue weighted by Gasteiger charge is -2.28. The van der Waals surface area contributed by atoms with Crippen LogP contribution in [0.15, 0.2) is 61.0 Å². The van der Waals surface area contributed by atoms with E-state index < -0.39 is 17.8 Å². The van der Waals surface area contributed by atoms with E-state index in [1.54, 1.807) is 6.20 Å². The summed E-state index contributed by atoms with van der Waals surface area (Å²) in [6.07, 6.45) is 6.79. The molecule has 5 heterocycles. The lowest BCUT2D eigenvalue weighted by atomic mass is 10.00. The molecule has 0 saturated carbocycles. The molecule has 0 aromatic carbocycles. The van der Waals surface area contributed by atoms with Crippen molar-refractivity contribution < 1.29 is 19.4 Å². The van der Waals surface area contributed by atoms with Crippen LogP contribution in [-0.2, 0) is 17.8 Å². The van der Waals surface area contributed by atoms with Gasteiger partial charge >= 0.3 is 0 Å². The second-order valence-electron chi connectivity index (χ2n) is 9.00. The Morgan fingerprint density at radius 3 is 2.83 bits per heavy atom. The molecule has 1 unspecified atom stereocenters. The minimum absolute atomic E-state index is 0.0657. The van der Waals surface area contributed by atoms with Crippen molar-refractivity contribution in [3.8, 4) is 17.1 Å². The van der Waals surface area contributed by atoms with Gasteiger partial charge in [0.15, 0.2) is 5.82 Å². The summed E-state index contributed by atoms with van der Waals surface area (Å²) in [6, 6.07) is 5.58. The van der Waals surface area contributed by atoms with Crippen molar-refractivity contribution in [2.75, 3.05) is 18.7 Å². The summed E-state index contributed by atoms with van der Waals surface area (Å²) in [5, 5.41) is 15.5. The van der Waals surface area contributed by atoms with Crippen LogP contribution in [0.3, 0.4) is 0 Å². The third-order valence-electron chi connectivity index (χ3n) is 6.56. The number of carbonyl (C=O) groups is 2. The summed E-state index contributed by atoms with van der Waals surface area (Å²) in [6.45, 7) is 5.67. The van der Waals surface area contributed by atoms with Gasteiger partial charge in [0.25, 0.3) is 11.7 Å². The largest absolute Gasteiger partial charge is 0.494 e. The normalized spacial score (nSPS) is 14.0. The zero-order valence-electron chi connectivity index (χ0n) is 21.9. The maximum absolute atomic E-state index is 13.6. The summed E-state index contributed by atoms with van der Waals surface area (Å²) in [5.74, 6) is -0.941. The van der Waals surface area contributed by atoms with Gasteiger partial charge < -0.3 is 25.5 Å². The van der Waals surface area contributed by atoms with E-state index >= 15 is 0 Å². The van der Waals surface area contributed by atoms with E-state index in [0.717, 1.165) is 17.0 Å². The van der Waals surface area contributed by atoms with Crippen LogP contribution in [0.5, 0.6) is 5.75 Å². The number of amides is 1. The molecule has 0 aliphatic carbocycles. The summed E-state index contributed by atoms with van der Waals surface area (Å²) in [7, 11) is 1.44. The number of aliphatic hydroxyl groups is 1. The fourth-order valence-corrected chi connectivity index (χ4v) is 4.50. The molecule has 0 radical (unpaired) electrons. The fourth-order valence-electron chi connectivity index (χ4n) is 4.50. The van der Waals surface area contributed by atoms with Gasteiger partial charge in [0.1, 0.15) is 24.0 Å². The predicted molar refractivity (Wildman–Crippen MR) is 147 cm³/mol. The molecule has 0 fully saturated rings. The van der Waals surface area contributed by atoms with Crippen LogP contribution in [0.25, 0.3) is 22.3 Å². The molecule has 0 bridgehead atoms. The van der Waals surface area contributed by atoms with E-state index in [1.807, 2.05) is 18.2 Å². The minimum atomic E-state index is -1.01. The number of rotatable bonds is 8. The van der Waals surface area contributed by atoms with Gasteiger partial charge in [0.05, 0.1) is 53.4 Å². The van der Waals surface area contributed by atoms with Gasteiger partial charge in [-0.1, -0.05) is 12.6 Å². The topological polar surface area (TPSA) is 176 Å². The number of ether oxygens (including phenoxy) is 1. The van der Waals surface area contributed by atoms with Gasteiger partial charge in [-0.05, 0) is 25.5 Å². The second kappa shape index (κ2) is 10.9. The third kappa shape index (κ3) is 4.73. The molecular weight excluding hydrogens is 514 g/mol. The molecule has 4 N–H and O–H groups in total. The first-order valence-electron chi connectivity index (χ1n) is 12.4. The van der Waals surface area contributed by atoms with Crippen molar-refractivity contribution in [1.29, 1.82) is 0 Å². The van der Waals surface area contributed by atoms with E-state index in [9.17, 15) is 14.7 Å². The number of nitrogens with zero attached hydrogens (tertiary/aromatic N) is 7. The molecule has 40 heavy (non-hydrogen) atoms. The lowest BCUT2D eigenvalue weighted by Crippen LogP contribution is -2.40. The molecule has 4 aromatic heterocycles. The molecule has 0 saturated heterocycles. The number of anilines is 1. The Morgan fingerprint density at radius 2 is 2.12 bits per heavy atom. The van der Waals surface area contributed by atoms with Gasteiger partial charge in [0.2, 0.25) is 0 Å². The molecule has 13 heteroatoms. The van der Waals surface area contributed by atoms with E-state index in [0.29, 0.717) is 29.6 Å². The number of pyridine rings is 2. The molecule has 1 atom stereocenters. The fraction of sp³-hybridized carbons (Fsp3) is 0.222. The highest BCUT2D eigenvalue weighted by atomic mass is 16.5. The predicted octanol–water partition coefficient (Wildman–Crippen LogP) is 1.79. The third-order valence-corrected chi connectivity index (χ3v) is 6.56. The number of H-pyrrole nitrogens is 1. The number of hydrazone groups is 1. The molecule has 4 aromatic rings. The summed E-state index contributed by atoms with van der Waals surface area (Å²) < 4.78 is 5.46. The Morgan fingerprint density at radius 1 is 1.30 bits per heavy atom. The van der Waals surface area contributed by atoms with Crippen molar-refractivity contribution in [2.24, 2.45) is 10.8 Å². The van der Waals surface area contributed by atoms with Crippen molar-refractivity contribution in [3.63, 3.8) is 0 Å². The Bertz CT molecular complexity index is 1630. The number of nitrogens with two attached hydrogens (primary N) is 1. The highest BCUT2D eigenvalue weighted by Gasteiger charge is 2.32. The number of Topliss-reactive ketones (excluding diaryl/α,β-unsaturated/α-hetero) is 1. The maximum atomic E-state index is 13.6. The molecular formula is C27H27N9O4. The van der Waals surface area contributed by atoms with Crippen LogP contribution >= 0.6 is 0 Å². The molecule has 5 rings (SSSR count). The van der Waals surface area contributed by atoms with Crippen LogP contribution in [0.2, 0.25) is 0 Å². The number of amidine groups is 1. The average Bonchev–Trinajstić information content (AvgIpc) is 3.44. The van der Waals surface area contributed by atoms with Crippen LogP contribution in [-0.4, -0.2) is 72.2 Å². The standard InChI is InChI=1S/C27H27N9O4/c1-4-36(34-25(28)15(2)37)26-23-21(20(40-3)12-31-26)17(11-30-23)24(38)27(39)35-10-8-16-19(13-35)32-14-33-22(16)18-7-5-6-9-29-18/h4-7,9,11-12,14-15,30,37H,1,8,10,13H2,2-3H3,(H2,28,34). The smallest absolute Gasteiger partial charge is 0.295 e. The Labute approximate surface area is 229 Å². The average molecular weight is 542 g/mol. The van der Waals surface area contributed by atoms with Crippen molar-refractivity contribution in [3.05, 3.63) is 72.7 Å². The first kappa shape index (κ1) is 26.4. The monoisotopic (exact) mass is 541 g/mol.